The van der Waals surface area contributed by atoms with Crippen molar-refractivity contribution in [2.24, 2.45) is 0 Å². The zero-order chi connectivity index (χ0) is 21.7. The second-order valence-electron chi connectivity index (χ2n) is 7.08. The first-order valence-electron chi connectivity index (χ1n) is 9.16. The Kier molecular flexibility index (Phi) is 7.28. The van der Waals surface area contributed by atoms with Crippen LogP contribution in [0.1, 0.15) is 42.5 Å². The number of nitrogens with zero attached hydrogens (tertiary/aromatic N) is 2. The van der Waals surface area contributed by atoms with Crippen LogP contribution in [0.4, 0.5) is 4.39 Å². The summed E-state index contributed by atoms with van der Waals surface area (Å²) in [6.07, 6.45) is 0. The van der Waals surface area contributed by atoms with Crippen LogP contribution in [-0.2, 0) is 4.74 Å². The predicted octanol–water partition coefficient (Wildman–Crippen LogP) is 2.44. The lowest BCUT2D eigenvalue weighted by molar-refractivity contribution is 0.0593. The maximum atomic E-state index is 13.2. The summed E-state index contributed by atoms with van der Waals surface area (Å²) in [6.45, 7) is 4.07. The minimum absolute atomic E-state index is 0.163. The Hall–Kier alpha value is -3.00. The zero-order valence-electron chi connectivity index (χ0n) is 17.3. The zero-order valence-corrected chi connectivity index (χ0v) is 17.3. The highest BCUT2D eigenvalue weighted by molar-refractivity contribution is 6.05. The number of Topliss-reactive ketones (excluding diaryl/α,β-unsaturated/α-hetero) is 1. The maximum absolute atomic E-state index is 13.2. The molecule has 1 aromatic heterocycles. The van der Waals surface area contributed by atoms with Gasteiger partial charge in [0.25, 0.3) is 5.91 Å². The van der Waals surface area contributed by atoms with Crippen molar-refractivity contribution in [3.63, 3.8) is 0 Å². The van der Waals surface area contributed by atoms with Crippen molar-refractivity contribution >= 4 is 17.7 Å². The monoisotopic (exact) mass is 403 g/mol. The summed E-state index contributed by atoms with van der Waals surface area (Å²) in [5, 5.41) is 0. The molecule has 0 saturated carbocycles. The first-order valence-corrected chi connectivity index (χ1v) is 9.16. The number of likely N-dealkylation sites (N-methyl/N-ethyl adjacent to an activating group) is 1. The number of amides is 1. The first-order chi connectivity index (χ1) is 13.6. The summed E-state index contributed by atoms with van der Waals surface area (Å²) in [4.78, 5) is 44.0. The predicted molar refractivity (Wildman–Crippen MR) is 107 cm³/mol. The molecule has 0 fully saturated rings. The van der Waals surface area contributed by atoms with E-state index in [4.69, 9.17) is 4.74 Å². The number of hydrogen-bond donors (Lipinski definition) is 1. The SMILES string of the molecule is COC(=O)c1[nH]c(C)c(C(=O)CN(CCN(C)C)C(=O)c2ccc(F)cc2)c1C. The summed E-state index contributed by atoms with van der Waals surface area (Å²) < 4.78 is 17.9. The van der Waals surface area contributed by atoms with Gasteiger partial charge in [0.2, 0.25) is 0 Å². The molecule has 1 N–H and O–H groups in total. The minimum Gasteiger partial charge on any atom is -0.464 e. The van der Waals surface area contributed by atoms with Crippen molar-refractivity contribution in [2.75, 3.05) is 40.8 Å². The summed E-state index contributed by atoms with van der Waals surface area (Å²) in [5.74, 6) is -1.65. The molecule has 29 heavy (non-hydrogen) atoms. The van der Waals surface area contributed by atoms with Gasteiger partial charge in [0, 0.05) is 29.9 Å². The van der Waals surface area contributed by atoms with Gasteiger partial charge < -0.3 is 19.5 Å². The van der Waals surface area contributed by atoms with Crippen LogP contribution in [0.25, 0.3) is 0 Å². The molecule has 2 aromatic rings. The van der Waals surface area contributed by atoms with E-state index in [9.17, 15) is 18.8 Å². The molecule has 156 valence electrons. The molecule has 8 heteroatoms. The van der Waals surface area contributed by atoms with Gasteiger partial charge in [0.15, 0.2) is 5.78 Å². The third-order valence-corrected chi connectivity index (χ3v) is 4.64. The van der Waals surface area contributed by atoms with Gasteiger partial charge in [0.05, 0.1) is 13.7 Å². The number of aromatic amines is 1. The van der Waals surface area contributed by atoms with E-state index >= 15 is 0 Å². The Bertz CT molecular complexity index is 903. The van der Waals surface area contributed by atoms with Gasteiger partial charge in [0.1, 0.15) is 11.5 Å². The number of halogens is 1. The molecule has 7 nitrogen and oxygen atoms in total. The highest BCUT2D eigenvalue weighted by Gasteiger charge is 2.26. The molecule has 0 aliphatic carbocycles. The Morgan fingerprint density at radius 2 is 1.69 bits per heavy atom. The highest BCUT2D eigenvalue weighted by Crippen LogP contribution is 2.20. The Morgan fingerprint density at radius 3 is 2.24 bits per heavy atom. The second-order valence-corrected chi connectivity index (χ2v) is 7.08. The average Bonchev–Trinajstić information content (AvgIpc) is 2.98. The van der Waals surface area contributed by atoms with Gasteiger partial charge in [-0.2, -0.15) is 0 Å². The van der Waals surface area contributed by atoms with E-state index in [1.54, 1.807) is 13.8 Å². The van der Waals surface area contributed by atoms with E-state index in [2.05, 4.69) is 4.98 Å². The third kappa shape index (κ3) is 5.29. The lowest BCUT2D eigenvalue weighted by atomic mass is 10.0. The van der Waals surface area contributed by atoms with Crippen LogP contribution in [0.3, 0.4) is 0 Å². The molecule has 0 spiro atoms. The molecule has 0 radical (unpaired) electrons. The molecule has 1 heterocycles. The third-order valence-electron chi connectivity index (χ3n) is 4.64. The molecule has 0 bridgehead atoms. The van der Waals surface area contributed by atoms with Crippen LogP contribution < -0.4 is 0 Å². The van der Waals surface area contributed by atoms with E-state index in [1.807, 2.05) is 19.0 Å². The van der Waals surface area contributed by atoms with Gasteiger partial charge in [-0.3, -0.25) is 9.59 Å². The number of methoxy groups -OCH3 is 1. The van der Waals surface area contributed by atoms with Gasteiger partial charge in [-0.05, 0) is 57.8 Å². The van der Waals surface area contributed by atoms with Crippen LogP contribution >= 0.6 is 0 Å². The van der Waals surface area contributed by atoms with Crippen LogP contribution in [-0.4, -0.2) is 73.3 Å². The fourth-order valence-corrected chi connectivity index (χ4v) is 3.08. The topological polar surface area (TPSA) is 82.7 Å². The highest BCUT2D eigenvalue weighted by atomic mass is 19.1. The minimum atomic E-state index is -0.559. The summed E-state index contributed by atoms with van der Waals surface area (Å²) in [5.41, 5.74) is 1.91. The fourth-order valence-electron chi connectivity index (χ4n) is 3.08. The van der Waals surface area contributed by atoms with E-state index in [-0.39, 0.29) is 23.9 Å². The smallest absolute Gasteiger partial charge is 0.354 e. The molecule has 0 unspecified atom stereocenters. The molecule has 2 rings (SSSR count). The lowest BCUT2D eigenvalue weighted by Gasteiger charge is -2.24. The number of hydrogen-bond acceptors (Lipinski definition) is 5. The van der Waals surface area contributed by atoms with Crippen LogP contribution in [0.2, 0.25) is 0 Å². The molecule has 1 amide bonds. The summed E-state index contributed by atoms with van der Waals surface area (Å²) >= 11 is 0. The number of ketones is 1. The molecular formula is C21H26FN3O4. The van der Waals surface area contributed by atoms with Crippen LogP contribution in [0.15, 0.2) is 24.3 Å². The fraction of sp³-hybridized carbons (Fsp3) is 0.381. The summed E-state index contributed by atoms with van der Waals surface area (Å²) in [7, 11) is 5.00. The number of nitrogens with one attached hydrogen (secondary N) is 1. The lowest BCUT2D eigenvalue weighted by Crippen LogP contribution is -2.40. The Labute approximate surface area is 169 Å². The van der Waals surface area contributed by atoms with Crippen molar-refractivity contribution in [1.82, 2.24) is 14.8 Å². The van der Waals surface area contributed by atoms with Crippen LogP contribution in [0, 0.1) is 19.7 Å². The number of aryl methyl sites for hydroxylation is 1. The van der Waals surface area contributed by atoms with E-state index in [0.29, 0.717) is 35.5 Å². The van der Waals surface area contributed by atoms with Gasteiger partial charge in [-0.15, -0.1) is 0 Å². The molecular weight excluding hydrogens is 377 g/mol. The standard InChI is InChI=1S/C21H26FN3O4/c1-13-18(14(2)23-19(13)21(28)29-5)17(26)12-25(11-10-24(3)4)20(27)15-6-8-16(22)9-7-15/h6-9,23H,10-12H2,1-5H3. The molecule has 0 saturated heterocycles. The molecule has 0 atom stereocenters. The number of ether oxygens (including phenoxy) is 1. The second kappa shape index (κ2) is 9.47. The van der Waals surface area contributed by atoms with Crippen molar-refractivity contribution in [2.45, 2.75) is 13.8 Å². The number of esters is 1. The van der Waals surface area contributed by atoms with Crippen molar-refractivity contribution in [1.29, 1.82) is 0 Å². The molecule has 0 aliphatic rings. The number of carbonyl (C=O) groups excluding carboxylic acids is 3. The molecule has 1 aromatic carbocycles. The quantitative estimate of drug-likeness (QED) is 0.541. The number of benzene rings is 1. The van der Waals surface area contributed by atoms with E-state index in [1.165, 1.54) is 36.3 Å². The average molecular weight is 403 g/mol. The maximum Gasteiger partial charge on any atom is 0.354 e. The van der Waals surface area contributed by atoms with Gasteiger partial charge in [-0.25, -0.2) is 9.18 Å². The number of carbonyl (C=O) groups is 3. The summed E-state index contributed by atoms with van der Waals surface area (Å²) in [6, 6.07) is 5.21. The first kappa shape index (κ1) is 22.3. The number of aromatic nitrogens is 1. The van der Waals surface area contributed by atoms with E-state index in [0.717, 1.165) is 0 Å². The number of rotatable bonds is 8. The van der Waals surface area contributed by atoms with E-state index < -0.39 is 11.8 Å². The van der Waals surface area contributed by atoms with Crippen molar-refractivity contribution in [3.05, 3.63) is 58.2 Å². The van der Waals surface area contributed by atoms with Gasteiger partial charge >= 0.3 is 5.97 Å². The normalized spacial score (nSPS) is 10.9. The van der Waals surface area contributed by atoms with Crippen molar-refractivity contribution < 1.29 is 23.5 Å². The molecule has 0 aliphatic heterocycles. The van der Waals surface area contributed by atoms with Crippen molar-refractivity contribution in [3.8, 4) is 0 Å². The number of H-pyrrole nitrogens is 1. The largest absolute Gasteiger partial charge is 0.464 e. The Balaban J connectivity index is 2.30. The van der Waals surface area contributed by atoms with Crippen LogP contribution in [0.5, 0.6) is 0 Å². The Morgan fingerprint density at radius 1 is 1.07 bits per heavy atom. The van der Waals surface area contributed by atoms with Gasteiger partial charge in [-0.1, -0.05) is 0 Å².